The molecule has 90 valence electrons. The number of nitrogens with zero attached hydrogens (tertiary/aromatic N) is 1. The van der Waals surface area contributed by atoms with Crippen LogP contribution in [0, 0.1) is 6.92 Å². The van der Waals surface area contributed by atoms with Crippen molar-refractivity contribution in [2.75, 3.05) is 18.4 Å². The molecule has 0 amide bonds. The Morgan fingerprint density at radius 2 is 1.88 bits per heavy atom. The minimum absolute atomic E-state index is 0.917. The molecule has 1 heterocycles. The highest BCUT2D eigenvalue weighted by atomic mass is 15.0. The van der Waals surface area contributed by atoms with Gasteiger partial charge in [-0.3, -0.25) is 0 Å². The van der Waals surface area contributed by atoms with Gasteiger partial charge in [-0.2, -0.15) is 0 Å². The summed E-state index contributed by atoms with van der Waals surface area (Å²) in [5.41, 5.74) is 2.40. The molecule has 16 heavy (non-hydrogen) atoms. The zero-order valence-corrected chi connectivity index (χ0v) is 10.6. The van der Waals surface area contributed by atoms with Crippen molar-refractivity contribution in [1.82, 2.24) is 10.3 Å². The van der Waals surface area contributed by atoms with Crippen LogP contribution in [0.2, 0.25) is 0 Å². The van der Waals surface area contributed by atoms with Gasteiger partial charge in [-0.1, -0.05) is 19.9 Å². The minimum atomic E-state index is 0.917. The summed E-state index contributed by atoms with van der Waals surface area (Å²) in [5.74, 6) is 0.985. The Balaban J connectivity index is 2.53. The Hall–Kier alpha value is -1.09. The first-order valence-corrected chi connectivity index (χ1v) is 6.19. The molecule has 1 aromatic heterocycles. The number of aromatic nitrogens is 1. The maximum Gasteiger partial charge on any atom is 0.126 e. The fourth-order valence-corrected chi connectivity index (χ4v) is 1.53. The molecular weight excluding hydrogens is 198 g/mol. The summed E-state index contributed by atoms with van der Waals surface area (Å²) in [6.45, 7) is 9.37. The van der Waals surface area contributed by atoms with Crippen LogP contribution in [0.1, 0.15) is 37.9 Å². The van der Waals surface area contributed by atoms with Crippen molar-refractivity contribution in [3.05, 3.63) is 23.4 Å². The van der Waals surface area contributed by atoms with Gasteiger partial charge in [-0.25, -0.2) is 4.98 Å². The van der Waals surface area contributed by atoms with Crippen LogP contribution in [0.5, 0.6) is 0 Å². The first kappa shape index (κ1) is 13.0. The molecule has 1 aromatic rings. The zero-order valence-electron chi connectivity index (χ0n) is 10.6. The van der Waals surface area contributed by atoms with Gasteiger partial charge in [0.25, 0.3) is 0 Å². The van der Waals surface area contributed by atoms with Crippen LogP contribution in [0.25, 0.3) is 0 Å². The third kappa shape index (κ3) is 4.19. The summed E-state index contributed by atoms with van der Waals surface area (Å²) in [6.07, 6.45) is 2.29. The number of pyridine rings is 1. The van der Waals surface area contributed by atoms with Crippen LogP contribution >= 0.6 is 0 Å². The molecule has 0 saturated heterocycles. The summed E-state index contributed by atoms with van der Waals surface area (Å²) in [4.78, 5) is 4.54. The van der Waals surface area contributed by atoms with Gasteiger partial charge in [0.15, 0.2) is 0 Å². The fraction of sp³-hybridized carbons (Fsp3) is 0.615. The molecule has 1 rings (SSSR count). The average Bonchev–Trinajstić information content (AvgIpc) is 2.29. The summed E-state index contributed by atoms with van der Waals surface area (Å²) in [7, 11) is 0. The lowest BCUT2D eigenvalue weighted by Gasteiger charge is -2.09. The Bertz CT molecular complexity index is 310. The molecule has 0 fully saturated rings. The molecule has 0 aliphatic rings. The van der Waals surface area contributed by atoms with Gasteiger partial charge in [0.1, 0.15) is 5.82 Å². The molecular formula is C13H23N3. The van der Waals surface area contributed by atoms with Gasteiger partial charge < -0.3 is 10.6 Å². The lowest BCUT2D eigenvalue weighted by atomic mass is 10.2. The van der Waals surface area contributed by atoms with Crippen molar-refractivity contribution in [1.29, 1.82) is 0 Å². The van der Waals surface area contributed by atoms with Crippen molar-refractivity contribution >= 4 is 5.82 Å². The molecule has 0 aliphatic heterocycles. The van der Waals surface area contributed by atoms with E-state index in [2.05, 4.69) is 48.5 Å². The Labute approximate surface area is 98.7 Å². The van der Waals surface area contributed by atoms with Crippen LogP contribution in [0.4, 0.5) is 5.82 Å². The molecule has 0 spiro atoms. The van der Waals surface area contributed by atoms with E-state index in [0.717, 1.165) is 37.6 Å². The quantitative estimate of drug-likeness (QED) is 0.695. The van der Waals surface area contributed by atoms with E-state index in [1.807, 2.05) is 0 Å². The van der Waals surface area contributed by atoms with Crippen molar-refractivity contribution in [2.45, 2.75) is 40.2 Å². The van der Waals surface area contributed by atoms with E-state index in [4.69, 9.17) is 0 Å². The van der Waals surface area contributed by atoms with E-state index < -0.39 is 0 Å². The predicted molar refractivity (Wildman–Crippen MR) is 69.8 cm³/mol. The number of hydrogen-bond acceptors (Lipinski definition) is 3. The first-order chi connectivity index (χ1) is 7.77. The molecule has 0 atom stereocenters. The average molecular weight is 221 g/mol. The molecule has 0 aliphatic carbocycles. The van der Waals surface area contributed by atoms with E-state index in [1.54, 1.807) is 0 Å². The van der Waals surface area contributed by atoms with E-state index in [9.17, 15) is 0 Å². The van der Waals surface area contributed by atoms with Gasteiger partial charge in [0.05, 0.1) is 0 Å². The second kappa shape index (κ2) is 7.23. The van der Waals surface area contributed by atoms with E-state index >= 15 is 0 Å². The van der Waals surface area contributed by atoms with Gasteiger partial charge in [-0.15, -0.1) is 0 Å². The molecule has 0 aromatic carbocycles. The van der Waals surface area contributed by atoms with E-state index in [0.29, 0.717) is 0 Å². The number of hydrogen-bond donors (Lipinski definition) is 2. The summed E-state index contributed by atoms with van der Waals surface area (Å²) < 4.78 is 0. The maximum atomic E-state index is 4.54. The minimum Gasteiger partial charge on any atom is -0.370 e. The first-order valence-electron chi connectivity index (χ1n) is 6.19. The van der Waals surface area contributed by atoms with E-state index in [-0.39, 0.29) is 0 Å². The lowest BCUT2D eigenvalue weighted by molar-refractivity contribution is 0.671. The summed E-state index contributed by atoms with van der Waals surface area (Å²) in [5, 5.41) is 6.69. The van der Waals surface area contributed by atoms with Crippen LogP contribution in [0.3, 0.4) is 0 Å². The van der Waals surface area contributed by atoms with Crippen molar-refractivity contribution in [3.8, 4) is 0 Å². The Morgan fingerprint density at radius 3 is 2.50 bits per heavy atom. The number of aryl methyl sites for hydroxylation is 1. The highest BCUT2D eigenvalue weighted by Crippen LogP contribution is 2.10. The third-order valence-electron chi connectivity index (χ3n) is 2.49. The molecule has 0 saturated carbocycles. The molecule has 2 N–H and O–H groups in total. The van der Waals surface area contributed by atoms with Crippen molar-refractivity contribution in [3.63, 3.8) is 0 Å². The smallest absolute Gasteiger partial charge is 0.126 e. The molecule has 0 radical (unpaired) electrons. The SMILES string of the molecule is CCCNCc1ccc(NCCC)nc1C. The van der Waals surface area contributed by atoms with Gasteiger partial charge >= 0.3 is 0 Å². The maximum absolute atomic E-state index is 4.54. The number of anilines is 1. The number of rotatable bonds is 7. The molecule has 3 nitrogen and oxygen atoms in total. The normalized spacial score (nSPS) is 10.4. The number of nitrogens with one attached hydrogen (secondary N) is 2. The van der Waals surface area contributed by atoms with Crippen LogP contribution in [-0.2, 0) is 6.54 Å². The van der Waals surface area contributed by atoms with Crippen molar-refractivity contribution < 1.29 is 0 Å². The van der Waals surface area contributed by atoms with Gasteiger partial charge in [0.2, 0.25) is 0 Å². The third-order valence-corrected chi connectivity index (χ3v) is 2.49. The molecule has 3 heteroatoms. The van der Waals surface area contributed by atoms with E-state index in [1.165, 1.54) is 12.0 Å². The summed E-state index contributed by atoms with van der Waals surface area (Å²) in [6, 6.07) is 4.22. The monoisotopic (exact) mass is 221 g/mol. The fourth-order valence-electron chi connectivity index (χ4n) is 1.53. The van der Waals surface area contributed by atoms with Crippen LogP contribution in [0.15, 0.2) is 12.1 Å². The highest BCUT2D eigenvalue weighted by Gasteiger charge is 2.00. The van der Waals surface area contributed by atoms with Crippen LogP contribution in [-0.4, -0.2) is 18.1 Å². The summed E-state index contributed by atoms with van der Waals surface area (Å²) >= 11 is 0. The van der Waals surface area contributed by atoms with Crippen LogP contribution < -0.4 is 10.6 Å². The standard InChI is InChI=1S/C13H23N3/c1-4-8-14-10-12-6-7-13(15-9-5-2)16-11(12)3/h6-7,14H,4-5,8-10H2,1-3H3,(H,15,16). The predicted octanol–water partition coefficient (Wildman–Crippen LogP) is 2.71. The largest absolute Gasteiger partial charge is 0.370 e. The van der Waals surface area contributed by atoms with Crippen molar-refractivity contribution in [2.24, 2.45) is 0 Å². The highest BCUT2D eigenvalue weighted by molar-refractivity contribution is 5.38. The Morgan fingerprint density at radius 1 is 1.12 bits per heavy atom. The van der Waals surface area contributed by atoms with Gasteiger partial charge in [-0.05, 0) is 37.9 Å². The molecule has 0 bridgehead atoms. The second-order valence-electron chi connectivity index (χ2n) is 4.04. The molecule has 0 unspecified atom stereocenters. The van der Waals surface area contributed by atoms with Gasteiger partial charge in [0, 0.05) is 18.8 Å². The Kier molecular flexibility index (Phi) is 5.86. The zero-order chi connectivity index (χ0) is 11.8. The topological polar surface area (TPSA) is 37.0 Å². The lowest BCUT2D eigenvalue weighted by Crippen LogP contribution is -2.15. The second-order valence-corrected chi connectivity index (χ2v) is 4.04.